The third-order valence-corrected chi connectivity index (χ3v) is 4.54. The van der Waals surface area contributed by atoms with Gasteiger partial charge in [-0.2, -0.15) is 4.98 Å². The van der Waals surface area contributed by atoms with Crippen molar-refractivity contribution < 1.29 is 23.5 Å². The number of rotatable bonds is 6. The van der Waals surface area contributed by atoms with Crippen molar-refractivity contribution in [1.82, 2.24) is 4.98 Å². The molecule has 1 aromatic carbocycles. The standard InChI is InChI=1S/C18H19F2N3O4/c19-18(20)8-9-22(10-14(18)11-24)16-7-6-15(23(25)26)17(21-16)27-12-13-4-2-1-3-5-13/h1-7,14,24H,8-12H2. The van der Waals surface area contributed by atoms with Crippen molar-refractivity contribution >= 4 is 11.5 Å². The summed E-state index contributed by atoms with van der Waals surface area (Å²) in [6.07, 6.45) is -0.420. The molecule has 2 heterocycles. The Labute approximate surface area is 154 Å². The molecule has 27 heavy (non-hydrogen) atoms. The van der Waals surface area contributed by atoms with Crippen molar-refractivity contribution in [2.45, 2.75) is 19.0 Å². The third-order valence-electron chi connectivity index (χ3n) is 4.54. The maximum atomic E-state index is 13.8. The molecule has 0 saturated carbocycles. The van der Waals surface area contributed by atoms with E-state index in [1.54, 1.807) is 4.90 Å². The average Bonchev–Trinajstić information content (AvgIpc) is 2.66. The van der Waals surface area contributed by atoms with Gasteiger partial charge in [-0.3, -0.25) is 10.1 Å². The molecule has 0 radical (unpaired) electrons. The number of ether oxygens (including phenoxy) is 1. The summed E-state index contributed by atoms with van der Waals surface area (Å²) in [4.78, 5) is 16.4. The molecule has 1 aromatic heterocycles. The molecule has 7 nitrogen and oxygen atoms in total. The zero-order valence-electron chi connectivity index (χ0n) is 14.4. The van der Waals surface area contributed by atoms with Crippen molar-refractivity contribution in [2.75, 3.05) is 24.6 Å². The molecule has 0 spiro atoms. The van der Waals surface area contributed by atoms with Crippen LogP contribution in [-0.2, 0) is 6.61 Å². The van der Waals surface area contributed by atoms with Gasteiger partial charge in [0.1, 0.15) is 12.4 Å². The lowest BCUT2D eigenvalue weighted by atomic mass is 9.94. The van der Waals surface area contributed by atoms with E-state index < -0.39 is 29.8 Å². The third kappa shape index (κ3) is 4.30. The fourth-order valence-corrected chi connectivity index (χ4v) is 2.95. The predicted molar refractivity (Wildman–Crippen MR) is 94.0 cm³/mol. The molecule has 1 atom stereocenters. The minimum absolute atomic E-state index is 0.0342. The van der Waals surface area contributed by atoms with Crippen molar-refractivity contribution in [3.8, 4) is 5.88 Å². The van der Waals surface area contributed by atoms with Gasteiger partial charge in [0.2, 0.25) is 0 Å². The number of alkyl halides is 2. The van der Waals surface area contributed by atoms with Gasteiger partial charge in [0.25, 0.3) is 11.8 Å². The molecule has 1 fully saturated rings. The van der Waals surface area contributed by atoms with Gasteiger partial charge in [-0.1, -0.05) is 30.3 Å². The molecule has 9 heteroatoms. The van der Waals surface area contributed by atoms with Crippen LogP contribution in [0.15, 0.2) is 42.5 Å². The second kappa shape index (κ2) is 7.83. The molecule has 0 aliphatic carbocycles. The van der Waals surface area contributed by atoms with Gasteiger partial charge in [0.05, 0.1) is 17.4 Å². The number of nitro groups is 1. The first kappa shape index (κ1) is 19.0. The zero-order chi connectivity index (χ0) is 19.4. The molecule has 1 N–H and O–H groups in total. The number of aliphatic hydroxyl groups is 1. The van der Waals surface area contributed by atoms with Gasteiger partial charge in [-0.15, -0.1) is 0 Å². The molecule has 3 rings (SSSR count). The largest absolute Gasteiger partial charge is 0.468 e. The monoisotopic (exact) mass is 379 g/mol. The summed E-state index contributed by atoms with van der Waals surface area (Å²) in [6, 6.07) is 11.8. The summed E-state index contributed by atoms with van der Waals surface area (Å²) in [5.41, 5.74) is 0.521. The Balaban J connectivity index is 1.82. The van der Waals surface area contributed by atoms with Crippen LogP contribution in [0.25, 0.3) is 0 Å². The Hall–Kier alpha value is -2.81. The molecule has 1 aliphatic rings. The molecule has 1 unspecified atom stereocenters. The highest BCUT2D eigenvalue weighted by Gasteiger charge is 2.44. The van der Waals surface area contributed by atoms with Crippen LogP contribution in [0.5, 0.6) is 5.88 Å². The second-order valence-electron chi connectivity index (χ2n) is 6.36. The smallest absolute Gasteiger partial charge is 0.331 e. The van der Waals surface area contributed by atoms with Crippen LogP contribution >= 0.6 is 0 Å². The Bertz CT molecular complexity index is 804. The number of aliphatic hydroxyl groups excluding tert-OH is 1. The summed E-state index contributed by atoms with van der Waals surface area (Å²) in [5.74, 6) is -4.02. The Kier molecular flexibility index (Phi) is 5.50. The van der Waals surface area contributed by atoms with Crippen LogP contribution in [0, 0.1) is 16.0 Å². The summed E-state index contributed by atoms with van der Waals surface area (Å²) in [5, 5.41) is 20.5. The Morgan fingerprint density at radius 3 is 2.70 bits per heavy atom. The minimum atomic E-state index is -2.95. The number of hydrogen-bond donors (Lipinski definition) is 1. The van der Waals surface area contributed by atoms with E-state index in [0.29, 0.717) is 5.82 Å². The zero-order valence-corrected chi connectivity index (χ0v) is 14.4. The lowest BCUT2D eigenvalue weighted by Gasteiger charge is -2.38. The topological polar surface area (TPSA) is 88.7 Å². The number of hydrogen-bond acceptors (Lipinski definition) is 6. The Morgan fingerprint density at radius 1 is 1.30 bits per heavy atom. The van der Waals surface area contributed by atoms with Crippen LogP contribution in [-0.4, -0.2) is 40.6 Å². The van der Waals surface area contributed by atoms with E-state index in [9.17, 15) is 24.0 Å². The number of aromatic nitrogens is 1. The van der Waals surface area contributed by atoms with E-state index in [1.807, 2.05) is 30.3 Å². The SMILES string of the molecule is O=[N+]([O-])c1ccc(N2CCC(F)(F)C(CO)C2)nc1OCc1ccccc1. The molecule has 0 bridgehead atoms. The average molecular weight is 379 g/mol. The fourth-order valence-electron chi connectivity index (χ4n) is 2.95. The van der Waals surface area contributed by atoms with E-state index in [4.69, 9.17) is 4.74 Å². The van der Waals surface area contributed by atoms with Crippen LogP contribution in [0.3, 0.4) is 0 Å². The van der Waals surface area contributed by atoms with Gasteiger partial charge in [-0.25, -0.2) is 8.78 Å². The number of benzene rings is 1. The number of nitrogens with zero attached hydrogens (tertiary/aromatic N) is 3. The van der Waals surface area contributed by atoms with E-state index >= 15 is 0 Å². The van der Waals surface area contributed by atoms with Crippen LogP contribution < -0.4 is 9.64 Å². The van der Waals surface area contributed by atoms with E-state index in [2.05, 4.69) is 4.98 Å². The minimum Gasteiger partial charge on any atom is -0.468 e. The molecule has 1 aliphatic heterocycles. The van der Waals surface area contributed by atoms with E-state index in [-0.39, 0.29) is 31.3 Å². The highest BCUT2D eigenvalue weighted by molar-refractivity contribution is 5.51. The van der Waals surface area contributed by atoms with E-state index in [1.165, 1.54) is 12.1 Å². The molecule has 2 aromatic rings. The first-order valence-corrected chi connectivity index (χ1v) is 8.46. The number of pyridine rings is 1. The predicted octanol–water partition coefficient (Wildman–Crippen LogP) is 3.02. The number of piperidine rings is 1. The summed E-state index contributed by atoms with van der Waals surface area (Å²) >= 11 is 0. The summed E-state index contributed by atoms with van der Waals surface area (Å²) in [6.45, 7) is -0.609. The fraction of sp³-hybridized carbons (Fsp3) is 0.389. The molecular formula is C18H19F2N3O4. The number of anilines is 1. The van der Waals surface area contributed by atoms with Crippen molar-refractivity contribution in [1.29, 1.82) is 0 Å². The molecule has 1 saturated heterocycles. The van der Waals surface area contributed by atoms with Gasteiger partial charge >= 0.3 is 5.69 Å². The first-order chi connectivity index (χ1) is 12.9. The molecular weight excluding hydrogens is 360 g/mol. The second-order valence-corrected chi connectivity index (χ2v) is 6.36. The summed E-state index contributed by atoms with van der Waals surface area (Å²) in [7, 11) is 0. The summed E-state index contributed by atoms with van der Waals surface area (Å²) < 4.78 is 33.1. The van der Waals surface area contributed by atoms with Gasteiger partial charge < -0.3 is 14.7 Å². The Morgan fingerprint density at radius 2 is 2.04 bits per heavy atom. The normalized spacial score (nSPS) is 18.9. The van der Waals surface area contributed by atoms with Gasteiger partial charge in [0, 0.05) is 25.6 Å². The quantitative estimate of drug-likeness (QED) is 0.613. The lowest BCUT2D eigenvalue weighted by Crippen LogP contribution is -2.49. The van der Waals surface area contributed by atoms with Gasteiger partial charge in [-0.05, 0) is 11.6 Å². The van der Waals surface area contributed by atoms with E-state index in [0.717, 1.165) is 5.56 Å². The van der Waals surface area contributed by atoms with Crippen LogP contribution in [0.4, 0.5) is 20.3 Å². The molecule has 144 valence electrons. The van der Waals surface area contributed by atoms with Crippen molar-refractivity contribution in [2.24, 2.45) is 5.92 Å². The van der Waals surface area contributed by atoms with Gasteiger partial charge in [0.15, 0.2) is 0 Å². The van der Waals surface area contributed by atoms with Crippen molar-refractivity contribution in [3.05, 3.63) is 58.1 Å². The van der Waals surface area contributed by atoms with Crippen LogP contribution in [0.2, 0.25) is 0 Å². The van der Waals surface area contributed by atoms with Crippen molar-refractivity contribution in [3.63, 3.8) is 0 Å². The first-order valence-electron chi connectivity index (χ1n) is 8.46. The number of halogens is 2. The highest BCUT2D eigenvalue weighted by Crippen LogP contribution is 2.36. The highest BCUT2D eigenvalue weighted by atomic mass is 19.3. The van der Waals surface area contributed by atoms with Crippen LogP contribution in [0.1, 0.15) is 12.0 Å². The maximum Gasteiger partial charge on any atom is 0.331 e. The lowest BCUT2D eigenvalue weighted by molar-refractivity contribution is -0.386. The maximum absolute atomic E-state index is 13.8. The molecule has 0 amide bonds.